The van der Waals surface area contributed by atoms with Crippen LogP contribution in [0.25, 0.3) is 0 Å². The molecule has 0 aromatic heterocycles. The second-order valence-corrected chi connectivity index (χ2v) is 6.96. The average molecular weight is 323 g/mol. The zero-order valence-corrected chi connectivity index (χ0v) is 14.9. The second kappa shape index (κ2) is 7.18. The number of hydrogen-bond acceptors (Lipinski definition) is 1. The Labute approximate surface area is 144 Å². The molecular formula is C21H27N2O+. The molecule has 0 unspecified atom stereocenters. The number of carbonyl (C=O) groups is 1. The van der Waals surface area contributed by atoms with Gasteiger partial charge in [0.15, 0.2) is 0 Å². The highest BCUT2D eigenvalue weighted by Crippen LogP contribution is 2.13. The topological polar surface area (TPSA) is 24.8 Å². The zero-order valence-electron chi connectivity index (χ0n) is 14.9. The predicted molar refractivity (Wildman–Crippen MR) is 97.4 cm³/mol. The van der Waals surface area contributed by atoms with Crippen LogP contribution in [0, 0.1) is 20.8 Å². The van der Waals surface area contributed by atoms with Crippen molar-refractivity contribution in [3.63, 3.8) is 0 Å². The minimum atomic E-state index is 0.186. The van der Waals surface area contributed by atoms with Crippen molar-refractivity contribution >= 4 is 5.91 Å². The maximum absolute atomic E-state index is 12.8. The standard InChI is InChI=1S/C21H26N2O/c1-16-8-9-18(3)20(14-16)21(24)23-12-10-22(11-13-23)15-19-7-5-4-6-17(19)2/h4-9,14H,10-13,15H2,1-3H3/p+1. The first-order chi connectivity index (χ1) is 11.5. The molecule has 1 saturated heterocycles. The SMILES string of the molecule is Cc1ccc(C)c(C(=O)N2CC[NH+](Cc3ccccc3C)CC2)c1. The lowest BCUT2D eigenvalue weighted by molar-refractivity contribution is -0.917. The average Bonchev–Trinajstić information content (AvgIpc) is 2.59. The molecule has 1 N–H and O–H groups in total. The quantitative estimate of drug-likeness (QED) is 0.920. The van der Waals surface area contributed by atoms with Crippen molar-refractivity contribution in [2.24, 2.45) is 0 Å². The summed E-state index contributed by atoms with van der Waals surface area (Å²) >= 11 is 0. The fourth-order valence-corrected chi connectivity index (χ4v) is 3.42. The first-order valence-corrected chi connectivity index (χ1v) is 8.79. The minimum absolute atomic E-state index is 0.186. The molecule has 0 aliphatic carbocycles. The van der Waals surface area contributed by atoms with E-state index in [4.69, 9.17) is 0 Å². The Morgan fingerprint density at radius 1 is 1.00 bits per heavy atom. The van der Waals surface area contributed by atoms with Gasteiger partial charge in [-0.3, -0.25) is 4.79 Å². The van der Waals surface area contributed by atoms with E-state index in [1.807, 2.05) is 30.9 Å². The Hall–Kier alpha value is -2.13. The van der Waals surface area contributed by atoms with Crippen LogP contribution in [0.1, 0.15) is 32.6 Å². The van der Waals surface area contributed by atoms with Crippen molar-refractivity contribution in [3.8, 4) is 0 Å². The Balaban J connectivity index is 1.61. The number of carbonyl (C=O) groups excluding carboxylic acids is 1. The highest BCUT2D eigenvalue weighted by molar-refractivity contribution is 5.95. The van der Waals surface area contributed by atoms with Gasteiger partial charge in [0.2, 0.25) is 0 Å². The largest absolute Gasteiger partial charge is 0.328 e. The zero-order chi connectivity index (χ0) is 17.1. The van der Waals surface area contributed by atoms with Gasteiger partial charge in [0.25, 0.3) is 5.91 Å². The molecule has 2 aromatic carbocycles. The van der Waals surface area contributed by atoms with Crippen molar-refractivity contribution in [3.05, 3.63) is 70.3 Å². The van der Waals surface area contributed by atoms with Gasteiger partial charge in [-0.25, -0.2) is 0 Å². The second-order valence-electron chi connectivity index (χ2n) is 6.96. The summed E-state index contributed by atoms with van der Waals surface area (Å²) in [6.45, 7) is 11.0. The van der Waals surface area contributed by atoms with Crippen molar-refractivity contribution < 1.29 is 9.69 Å². The molecule has 1 aliphatic heterocycles. The summed E-state index contributed by atoms with van der Waals surface area (Å²) in [5.74, 6) is 0.186. The van der Waals surface area contributed by atoms with Gasteiger partial charge in [0, 0.05) is 11.1 Å². The normalized spacial score (nSPS) is 15.5. The highest BCUT2D eigenvalue weighted by Gasteiger charge is 2.25. The molecule has 0 atom stereocenters. The van der Waals surface area contributed by atoms with Gasteiger partial charge in [0.1, 0.15) is 6.54 Å². The third kappa shape index (κ3) is 3.68. The lowest BCUT2D eigenvalue weighted by Gasteiger charge is -2.33. The van der Waals surface area contributed by atoms with Gasteiger partial charge in [-0.2, -0.15) is 0 Å². The van der Waals surface area contributed by atoms with Gasteiger partial charge in [-0.15, -0.1) is 0 Å². The van der Waals surface area contributed by atoms with Crippen LogP contribution in [0.2, 0.25) is 0 Å². The van der Waals surface area contributed by atoms with E-state index < -0.39 is 0 Å². The number of piperazine rings is 1. The van der Waals surface area contributed by atoms with E-state index in [9.17, 15) is 4.79 Å². The molecule has 1 fully saturated rings. The minimum Gasteiger partial charge on any atom is -0.328 e. The number of amides is 1. The maximum atomic E-state index is 12.8. The summed E-state index contributed by atoms with van der Waals surface area (Å²) in [6, 6.07) is 14.7. The number of rotatable bonds is 3. The van der Waals surface area contributed by atoms with Crippen molar-refractivity contribution in [1.82, 2.24) is 4.90 Å². The number of nitrogens with one attached hydrogen (secondary N) is 1. The smallest absolute Gasteiger partial charge is 0.254 e. The van der Waals surface area contributed by atoms with Crippen LogP contribution in [-0.4, -0.2) is 37.0 Å². The molecule has 1 amide bonds. The van der Waals surface area contributed by atoms with Gasteiger partial charge in [-0.1, -0.05) is 42.0 Å². The third-order valence-corrected chi connectivity index (χ3v) is 5.08. The van der Waals surface area contributed by atoms with Crippen LogP contribution in [0.15, 0.2) is 42.5 Å². The summed E-state index contributed by atoms with van der Waals surface area (Å²) in [4.78, 5) is 16.4. The van der Waals surface area contributed by atoms with E-state index in [0.29, 0.717) is 0 Å². The van der Waals surface area contributed by atoms with Crippen molar-refractivity contribution in [2.45, 2.75) is 27.3 Å². The molecule has 3 rings (SSSR count). The molecule has 3 nitrogen and oxygen atoms in total. The maximum Gasteiger partial charge on any atom is 0.254 e. The molecule has 126 valence electrons. The number of nitrogens with zero attached hydrogens (tertiary/aromatic N) is 1. The Kier molecular flexibility index (Phi) is 5.00. The van der Waals surface area contributed by atoms with Gasteiger partial charge >= 0.3 is 0 Å². The molecule has 3 heteroatoms. The van der Waals surface area contributed by atoms with Crippen LogP contribution in [0.5, 0.6) is 0 Å². The van der Waals surface area contributed by atoms with Crippen LogP contribution >= 0.6 is 0 Å². The first-order valence-electron chi connectivity index (χ1n) is 8.79. The van der Waals surface area contributed by atoms with E-state index in [1.165, 1.54) is 11.1 Å². The Bertz CT molecular complexity index is 730. The molecular weight excluding hydrogens is 296 g/mol. The summed E-state index contributed by atoms with van der Waals surface area (Å²) < 4.78 is 0. The van der Waals surface area contributed by atoms with Gasteiger partial charge < -0.3 is 9.80 Å². The van der Waals surface area contributed by atoms with E-state index in [-0.39, 0.29) is 5.91 Å². The van der Waals surface area contributed by atoms with Crippen LogP contribution < -0.4 is 4.90 Å². The monoisotopic (exact) mass is 323 g/mol. The summed E-state index contributed by atoms with van der Waals surface area (Å²) in [5.41, 5.74) is 5.85. The van der Waals surface area contributed by atoms with Crippen LogP contribution in [-0.2, 0) is 6.54 Å². The molecule has 0 spiro atoms. The van der Waals surface area contributed by atoms with E-state index in [2.05, 4.69) is 37.3 Å². The lowest BCUT2D eigenvalue weighted by atomic mass is 10.0. The van der Waals surface area contributed by atoms with E-state index in [1.54, 1.807) is 4.90 Å². The van der Waals surface area contributed by atoms with Crippen molar-refractivity contribution in [1.29, 1.82) is 0 Å². The third-order valence-electron chi connectivity index (χ3n) is 5.08. The fourth-order valence-electron chi connectivity index (χ4n) is 3.42. The Morgan fingerprint density at radius 2 is 1.71 bits per heavy atom. The number of aryl methyl sites for hydroxylation is 3. The molecule has 24 heavy (non-hydrogen) atoms. The van der Waals surface area contributed by atoms with Crippen LogP contribution in [0.4, 0.5) is 0 Å². The highest BCUT2D eigenvalue weighted by atomic mass is 16.2. The summed E-state index contributed by atoms with van der Waals surface area (Å²) in [7, 11) is 0. The molecule has 0 radical (unpaired) electrons. The molecule has 0 bridgehead atoms. The first kappa shape index (κ1) is 16.7. The number of quaternary nitrogens is 1. The predicted octanol–water partition coefficient (Wildman–Crippen LogP) is 2.15. The lowest BCUT2D eigenvalue weighted by Crippen LogP contribution is -3.13. The van der Waals surface area contributed by atoms with E-state index >= 15 is 0 Å². The molecule has 1 aliphatic rings. The van der Waals surface area contributed by atoms with E-state index in [0.717, 1.165) is 49.4 Å². The fraction of sp³-hybridized carbons (Fsp3) is 0.381. The van der Waals surface area contributed by atoms with Gasteiger partial charge in [-0.05, 0) is 38.0 Å². The summed E-state index contributed by atoms with van der Waals surface area (Å²) in [6.07, 6.45) is 0. The van der Waals surface area contributed by atoms with Gasteiger partial charge in [0.05, 0.1) is 26.2 Å². The van der Waals surface area contributed by atoms with Crippen molar-refractivity contribution in [2.75, 3.05) is 26.2 Å². The number of hydrogen-bond donors (Lipinski definition) is 1. The molecule has 2 aromatic rings. The number of benzene rings is 2. The molecule has 1 heterocycles. The molecule has 0 saturated carbocycles. The summed E-state index contributed by atoms with van der Waals surface area (Å²) in [5, 5.41) is 0. The van der Waals surface area contributed by atoms with Crippen LogP contribution in [0.3, 0.4) is 0 Å². The Morgan fingerprint density at radius 3 is 2.42 bits per heavy atom.